The summed E-state index contributed by atoms with van der Waals surface area (Å²) in [5.41, 5.74) is 0.706. The third-order valence-electron chi connectivity index (χ3n) is 2.99. The lowest BCUT2D eigenvalue weighted by Gasteiger charge is -2.11. The second kappa shape index (κ2) is 6.15. The van der Waals surface area contributed by atoms with Crippen LogP contribution in [-0.4, -0.2) is 27.8 Å². The van der Waals surface area contributed by atoms with E-state index in [0.717, 1.165) is 5.56 Å². The maximum atomic E-state index is 12.2. The van der Waals surface area contributed by atoms with Crippen LogP contribution in [-0.2, 0) is 0 Å². The van der Waals surface area contributed by atoms with Gasteiger partial charge >= 0.3 is 0 Å². The van der Waals surface area contributed by atoms with Crippen molar-refractivity contribution in [2.75, 3.05) is 13.2 Å². The Bertz CT molecular complexity index is 901. The summed E-state index contributed by atoms with van der Waals surface area (Å²) in [5, 5.41) is 3.90. The summed E-state index contributed by atoms with van der Waals surface area (Å²) in [6.07, 6.45) is 3.18. The molecule has 0 aliphatic carbocycles. The molecule has 2 heterocycles. The molecule has 7 heteroatoms. The van der Waals surface area contributed by atoms with Crippen LogP contribution in [0.2, 0.25) is 0 Å². The molecule has 1 aromatic carbocycles. The Hall–Kier alpha value is -2.41. The molecule has 0 atom stereocenters. The molecule has 3 rings (SSSR count). The second-order valence-corrected chi connectivity index (χ2v) is 5.45. The molecule has 2 aromatic heterocycles. The molecule has 0 bridgehead atoms. The largest absolute Gasteiger partial charge is 0.490 e. The highest BCUT2D eigenvalue weighted by Gasteiger charge is 2.07. The molecule has 0 spiro atoms. The minimum Gasteiger partial charge on any atom is -0.490 e. The van der Waals surface area contributed by atoms with Gasteiger partial charge in [-0.15, -0.1) is 0 Å². The Kier molecular flexibility index (Phi) is 4.06. The van der Waals surface area contributed by atoms with Gasteiger partial charge in [0.15, 0.2) is 11.5 Å². The van der Waals surface area contributed by atoms with Gasteiger partial charge in [0, 0.05) is 0 Å². The third-order valence-corrected chi connectivity index (χ3v) is 3.96. The van der Waals surface area contributed by atoms with E-state index in [2.05, 4.69) is 10.1 Å². The fourth-order valence-electron chi connectivity index (χ4n) is 2.09. The monoisotopic (exact) mass is 317 g/mol. The molecular formula is C15H15N3O3S. The van der Waals surface area contributed by atoms with E-state index in [4.69, 9.17) is 9.47 Å². The number of nitrogens with zero attached hydrogens (tertiary/aromatic N) is 3. The molecule has 0 N–H and O–H groups in total. The molecule has 0 amide bonds. The van der Waals surface area contributed by atoms with Crippen molar-refractivity contribution < 1.29 is 9.47 Å². The van der Waals surface area contributed by atoms with Crippen LogP contribution in [0, 0.1) is 0 Å². The van der Waals surface area contributed by atoms with Crippen molar-refractivity contribution in [3.63, 3.8) is 0 Å². The van der Waals surface area contributed by atoms with Crippen LogP contribution in [0.25, 0.3) is 11.0 Å². The number of hydrogen-bond donors (Lipinski definition) is 0. The van der Waals surface area contributed by atoms with Gasteiger partial charge in [-0.25, -0.2) is 4.98 Å². The summed E-state index contributed by atoms with van der Waals surface area (Å²) in [5.74, 6) is 1.37. The third kappa shape index (κ3) is 2.67. The molecule has 114 valence electrons. The Labute approximate surface area is 130 Å². The minimum atomic E-state index is -0.163. The number of hydrogen-bond acceptors (Lipinski definition) is 6. The van der Waals surface area contributed by atoms with Crippen molar-refractivity contribution in [2.45, 2.75) is 13.8 Å². The van der Waals surface area contributed by atoms with Gasteiger partial charge < -0.3 is 9.47 Å². The van der Waals surface area contributed by atoms with E-state index in [1.807, 2.05) is 38.1 Å². The minimum absolute atomic E-state index is 0.163. The average Bonchev–Trinajstić information content (AvgIpc) is 3.07. The van der Waals surface area contributed by atoms with E-state index >= 15 is 0 Å². The van der Waals surface area contributed by atoms with Crippen LogP contribution in [0.5, 0.6) is 11.5 Å². The van der Waals surface area contributed by atoms with Crippen molar-refractivity contribution in [3.05, 3.63) is 45.0 Å². The Morgan fingerprint density at radius 2 is 2.00 bits per heavy atom. The lowest BCUT2D eigenvalue weighted by Crippen LogP contribution is -2.23. The van der Waals surface area contributed by atoms with Crippen molar-refractivity contribution >= 4 is 22.4 Å². The van der Waals surface area contributed by atoms with Crippen LogP contribution in [0.3, 0.4) is 0 Å². The highest BCUT2D eigenvalue weighted by Crippen LogP contribution is 2.28. The predicted molar refractivity (Wildman–Crippen MR) is 84.7 cm³/mol. The lowest BCUT2D eigenvalue weighted by molar-refractivity contribution is 0.287. The first-order chi connectivity index (χ1) is 10.7. The summed E-state index contributed by atoms with van der Waals surface area (Å²) in [7, 11) is 0. The van der Waals surface area contributed by atoms with E-state index in [1.54, 1.807) is 0 Å². The van der Waals surface area contributed by atoms with E-state index in [1.165, 1.54) is 22.2 Å². The standard InChI is InChI=1S/C15H15N3O3S/c1-3-20-11-6-5-10(7-12(11)21-4-2)8-13-14(19)18-15(22-13)16-9-17-18/h5-9H,3-4H2,1-2H3/b13-8+. The van der Waals surface area contributed by atoms with Crippen LogP contribution >= 0.6 is 11.3 Å². The van der Waals surface area contributed by atoms with E-state index in [0.29, 0.717) is 34.2 Å². The first-order valence-corrected chi connectivity index (χ1v) is 7.78. The molecule has 0 aliphatic rings. The average molecular weight is 317 g/mol. The molecule has 0 radical (unpaired) electrons. The molecular weight excluding hydrogens is 302 g/mol. The Morgan fingerprint density at radius 1 is 1.23 bits per heavy atom. The lowest BCUT2D eigenvalue weighted by atomic mass is 10.2. The van der Waals surface area contributed by atoms with Gasteiger partial charge in [0.05, 0.1) is 17.7 Å². The predicted octanol–water partition coefficient (Wildman–Crippen LogP) is 1.50. The molecule has 0 fully saturated rings. The number of benzene rings is 1. The number of aromatic nitrogens is 3. The number of fused-ring (bicyclic) bond motifs is 1. The van der Waals surface area contributed by atoms with Crippen LogP contribution in [0.1, 0.15) is 19.4 Å². The zero-order valence-corrected chi connectivity index (χ0v) is 13.1. The van der Waals surface area contributed by atoms with Gasteiger partial charge in [0.25, 0.3) is 5.56 Å². The van der Waals surface area contributed by atoms with Gasteiger partial charge in [-0.3, -0.25) is 4.79 Å². The first-order valence-electron chi connectivity index (χ1n) is 6.96. The van der Waals surface area contributed by atoms with Crippen molar-refractivity contribution in [2.24, 2.45) is 0 Å². The summed E-state index contributed by atoms with van der Waals surface area (Å²) in [6, 6.07) is 5.61. The smallest absolute Gasteiger partial charge is 0.291 e. The SMILES string of the molecule is CCOc1ccc(/C=c2/sc3ncnn3c2=O)cc1OCC. The van der Waals surface area contributed by atoms with E-state index < -0.39 is 0 Å². The second-order valence-electron chi connectivity index (χ2n) is 4.44. The van der Waals surface area contributed by atoms with E-state index in [-0.39, 0.29) is 5.56 Å². The summed E-state index contributed by atoms with van der Waals surface area (Å²) in [6.45, 7) is 4.96. The molecule has 3 aromatic rings. The maximum absolute atomic E-state index is 12.2. The quantitative estimate of drug-likeness (QED) is 0.713. The highest BCUT2D eigenvalue weighted by atomic mass is 32.1. The fraction of sp³-hybridized carbons (Fsp3) is 0.267. The van der Waals surface area contributed by atoms with E-state index in [9.17, 15) is 4.79 Å². The van der Waals surface area contributed by atoms with Crippen molar-refractivity contribution in [1.29, 1.82) is 0 Å². The molecule has 22 heavy (non-hydrogen) atoms. The van der Waals surface area contributed by atoms with Crippen molar-refractivity contribution in [3.8, 4) is 11.5 Å². The normalized spacial score (nSPS) is 12.0. The number of ether oxygens (including phenoxy) is 2. The van der Waals surface area contributed by atoms with Gasteiger partial charge in [0.2, 0.25) is 4.96 Å². The molecule has 0 saturated carbocycles. The zero-order chi connectivity index (χ0) is 15.5. The number of rotatable bonds is 5. The molecule has 0 unspecified atom stereocenters. The molecule has 6 nitrogen and oxygen atoms in total. The Balaban J connectivity index is 2.06. The maximum Gasteiger partial charge on any atom is 0.291 e. The van der Waals surface area contributed by atoms with Gasteiger partial charge in [-0.05, 0) is 37.6 Å². The summed E-state index contributed by atoms with van der Waals surface area (Å²) in [4.78, 5) is 16.8. The van der Waals surface area contributed by atoms with Crippen molar-refractivity contribution in [1.82, 2.24) is 14.6 Å². The fourth-order valence-corrected chi connectivity index (χ4v) is 2.97. The van der Waals surface area contributed by atoms with Crippen LogP contribution in [0.4, 0.5) is 0 Å². The van der Waals surface area contributed by atoms with Gasteiger partial charge in [-0.2, -0.15) is 9.61 Å². The molecule has 0 saturated heterocycles. The topological polar surface area (TPSA) is 65.7 Å². The zero-order valence-electron chi connectivity index (χ0n) is 12.3. The summed E-state index contributed by atoms with van der Waals surface area (Å²) < 4.78 is 13.0. The highest BCUT2D eigenvalue weighted by molar-refractivity contribution is 7.15. The van der Waals surface area contributed by atoms with Gasteiger partial charge in [0.1, 0.15) is 6.33 Å². The number of thiazole rings is 1. The first kappa shape index (κ1) is 14.5. The van der Waals surface area contributed by atoms with Crippen LogP contribution < -0.4 is 19.6 Å². The Morgan fingerprint density at radius 3 is 2.73 bits per heavy atom. The molecule has 0 aliphatic heterocycles. The van der Waals surface area contributed by atoms with Crippen LogP contribution in [0.15, 0.2) is 29.3 Å². The summed E-state index contributed by atoms with van der Waals surface area (Å²) >= 11 is 1.31. The van der Waals surface area contributed by atoms with Gasteiger partial charge in [-0.1, -0.05) is 17.4 Å².